The number of aromatic nitrogens is 4. The highest BCUT2D eigenvalue weighted by atomic mass is 15.3. The third kappa shape index (κ3) is 2.45. The van der Waals surface area contributed by atoms with E-state index in [4.69, 9.17) is 0 Å². The van der Waals surface area contributed by atoms with Gasteiger partial charge in [-0.05, 0) is 18.9 Å². The predicted molar refractivity (Wildman–Crippen MR) is 81.9 cm³/mol. The second kappa shape index (κ2) is 5.00. The fourth-order valence-electron chi connectivity index (χ4n) is 2.74. The van der Waals surface area contributed by atoms with E-state index in [-0.39, 0.29) is 0 Å². The normalized spacial score (nSPS) is 14.9. The Labute approximate surface area is 123 Å². The molecular weight excluding hydrogens is 262 g/mol. The molecule has 108 valence electrons. The third-order valence-electron chi connectivity index (χ3n) is 4.08. The Hall–Kier alpha value is -2.14. The summed E-state index contributed by atoms with van der Waals surface area (Å²) in [4.78, 5) is 4.46. The van der Waals surface area contributed by atoms with Gasteiger partial charge >= 0.3 is 0 Å². The van der Waals surface area contributed by atoms with E-state index in [1.807, 2.05) is 24.1 Å². The molecule has 21 heavy (non-hydrogen) atoms. The van der Waals surface area contributed by atoms with Crippen LogP contribution in [0.15, 0.2) is 36.7 Å². The molecule has 0 amide bonds. The first kappa shape index (κ1) is 12.6. The summed E-state index contributed by atoms with van der Waals surface area (Å²) in [6, 6.07) is 9.06. The number of imidazole rings is 1. The lowest BCUT2D eigenvalue weighted by molar-refractivity contribution is 0.611. The summed E-state index contributed by atoms with van der Waals surface area (Å²) < 4.78 is 4.13. The van der Waals surface area contributed by atoms with Crippen molar-refractivity contribution in [2.75, 3.05) is 0 Å². The number of hydrogen-bond donors (Lipinski definition) is 1. The average Bonchev–Trinajstić information content (AvgIpc) is 3.15. The molecule has 0 unspecified atom stereocenters. The lowest BCUT2D eigenvalue weighted by Crippen LogP contribution is -2.19. The highest BCUT2D eigenvalue weighted by molar-refractivity contribution is 5.81. The number of nitrogens with zero attached hydrogens (tertiary/aromatic N) is 4. The second-order valence-corrected chi connectivity index (χ2v) is 5.71. The molecular formula is C16H19N5. The van der Waals surface area contributed by atoms with Crippen LogP contribution in [0, 0.1) is 0 Å². The Morgan fingerprint density at radius 2 is 2.14 bits per heavy atom. The number of hydrogen-bond acceptors (Lipinski definition) is 3. The smallest absolute Gasteiger partial charge is 0.123 e. The number of nitrogens with one attached hydrogen (secondary N) is 1. The third-order valence-corrected chi connectivity index (χ3v) is 4.08. The van der Waals surface area contributed by atoms with Crippen LogP contribution in [0.3, 0.4) is 0 Å². The van der Waals surface area contributed by atoms with Crippen LogP contribution >= 0.6 is 0 Å². The minimum atomic E-state index is 0.700. The molecule has 1 saturated carbocycles. The standard InChI is InChI=1S/C16H19N5/c1-20-15-5-3-2-4-13(15)14(19-20)11-21-9-8-17-16(21)10-18-12-6-7-12/h2-5,8-9,12,18H,6-7,10-11H2,1H3. The molecule has 0 bridgehead atoms. The molecule has 2 heterocycles. The van der Waals surface area contributed by atoms with Gasteiger partial charge in [-0.25, -0.2) is 4.98 Å². The topological polar surface area (TPSA) is 47.7 Å². The molecule has 2 aromatic heterocycles. The molecule has 1 fully saturated rings. The maximum Gasteiger partial charge on any atom is 0.123 e. The average molecular weight is 281 g/mol. The van der Waals surface area contributed by atoms with Crippen molar-refractivity contribution in [2.24, 2.45) is 7.05 Å². The zero-order chi connectivity index (χ0) is 14.2. The van der Waals surface area contributed by atoms with Gasteiger partial charge in [-0.15, -0.1) is 0 Å². The van der Waals surface area contributed by atoms with E-state index in [0.717, 1.165) is 24.6 Å². The Morgan fingerprint density at radius 3 is 3.00 bits per heavy atom. The van der Waals surface area contributed by atoms with Crippen molar-refractivity contribution >= 4 is 10.9 Å². The van der Waals surface area contributed by atoms with Gasteiger partial charge in [0.25, 0.3) is 0 Å². The molecule has 3 aromatic rings. The van der Waals surface area contributed by atoms with Gasteiger partial charge in [0.15, 0.2) is 0 Å². The van der Waals surface area contributed by atoms with Gasteiger partial charge in [0.05, 0.1) is 24.3 Å². The van der Waals surface area contributed by atoms with Crippen molar-refractivity contribution in [1.82, 2.24) is 24.6 Å². The van der Waals surface area contributed by atoms with Crippen molar-refractivity contribution in [3.05, 3.63) is 48.2 Å². The molecule has 1 aliphatic carbocycles. The highest BCUT2D eigenvalue weighted by Gasteiger charge is 2.21. The van der Waals surface area contributed by atoms with Gasteiger partial charge in [-0.1, -0.05) is 18.2 Å². The van der Waals surface area contributed by atoms with Crippen molar-refractivity contribution in [3.8, 4) is 0 Å². The Morgan fingerprint density at radius 1 is 1.29 bits per heavy atom. The summed E-state index contributed by atoms with van der Waals surface area (Å²) in [6.07, 6.45) is 6.50. The summed E-state index contributed by atoms with van der Waals surface area (Å²) in [6.45, 7) is 1.60. The molecule has 0 saturated heterocycles. The molecule has 4 rings (SSSR count). The summed E-state index contributed by atoms with van der Waals surface area (Å²) in [5.41, 5.74) is 2.27. The fraction of sp³-hybridized carbons (Fsp3) is 0.375. The number of para-hydroxylation sites is 1. The van der Waals surface area contributed by atoms with Crippen molar-refractivity contribution in [2.45, 2.75) is 32.0 Å². The maximum absolute atomic E-state index is 4.66. The number of aryl methyl sites for hydroxylation is 1. The Bertz CT molecular complexity index is 766. The molecule has 1 N–H and O–H groups in total. The SMILES string of the molecule is Cn1nc(Cn2ccnc2CNC2CC2)c2ccccc21. The van der Waals surface area contributed by atoms with Crippen LogP contribution in [0.1, 0.15) is 24.4 Å². The molecule has 0 spiro atoms. The van der Waals surface area contributed by atoms with E-state index in [2.05, 4.69) is 44.2 Å². The van der Waals surface area contributed by atoms with Crippen molar-refractivity contribution < 1.29 is 0 Å². The van der Waals surface area contributed by atoms with Crippen LogP contribution in [0.2, 0.25) is 0 Å². The van der Waals surface area contributed by atoms with E-state index < -0.39 is 0 Å². The van der Waals surface area contributed by atoms with Crippen molar-refractivity contribution in [1.29, 1.82) is 0 Å². The minimum absolute atomic E-state index is 0.700. The first-order valence-electron chi connectivity index (χ1n) is 7.45. The molecule has 1 aromatic carbocycles. The quantitative estimate of drug-likeness (QED) is 0.779. The molecule has 0 radical (unpaired) electrons. The van der Waals surface area contributed by atoms with Crippen LogP contribution in [-0.2, 0) is 20.1 Å². The summed E-state index contributed by atoms with van der Waals surface area (Å²) in [7, 11) is 2.00. The van der Waals surface area contributed by atoms with E-state index in [9.17, 15) is 0 Å². The van der Waals surface area contributed by atoms with Gasteiger partial charge < -0.3 is 9.88 Å². The zero-order valence-electron chi connectivity index (χ0n) is 12.2. The molecule has 1 aliphatic rings. The molecule has 5 heteroatoms. The summed E-state index contributed by atoms with van der Waals surface area (Å²) in [5, 5.41) is 9.40. The Balaban J connectivity index is 1.61. The van der Waals surface area contributed by atoms with Gasteiger partial charge in [-0.3, -0.25) is 4.68 Å². The first-order chi connectivity index (χ1) is 10.3. The summed E-state index contributed by atoms with van der Waals surface area (Å²) >= 11 is 0. The van der Waals surface area contributed by atoms with Crippen LogP contribution in [-0.4, -0.2) is 25.4 Å². The number of benzene rings is 1. The van der Waals surface area contributed by atoms with Gasteiger partial charge in [-0.2, -0.15) is 5.10 Å². The molecule has 0 atom stereocenters. The monoisotopic (exact) mass is 281 g/mol. The van der Waals surface area contributed by atoms with Crippen LogP contribution in [0.5, 0.6) is 0 Å². The van der Waals surface area contributed by atoms with E-state index in [0.29, 0.717) is 6.04 Å². The lowest BCUT2D eigenvalue weighted by atomic mass is 10.2. The highest BCUT2D eigenvalue weighted by Crippen LogP contribution is 2.20. The van der Waals surface area contributed by atoms with Crippen molar-refractivity contribution in [3.63, 3.8) is 0 Å². The van der Waals surface area contributed by atoms with Crippen LogP contribution in [0.25, 0.3) is 10.9 Å². The molecule has 5 nitrogen and oxygen atoms in total. The lowest BCUT2D eigenvalue weighted by Gasteiger charge is -2.07. The van der Waals surface area contributed by atoms with E-state index in [1.54, 1.807) is 0 Å². The summed E-state index contributed by atoms with van der Waals surface area (Å²) in [5.74, 6) is 1.08. The first-order valence-corrected chi connectivity index (χ1v) is 7.45. The zero-order valence-corrected chi connectivity index (χ0v) is 12.2. The second-order valence-electron chi connectivity index (χ2n) is 5.71. The molecule has 0 aliphatic heterocycles. The van der Waals surface area contributed by atoms with Gasteiger partial charge in [0.2, 0.25) is 0 Å². The van der Waals surface area contributed by atoms with Crippen LogP contribution < -0.4 is 5.32 Å². The predicted octanol–water partition coefficient (Wildman–Crippen LogP) is 2.07. The van der Waals surface area contributed by atoms with Gasteiger partial charge in [0, 0.05) is 30.9 Å². The maximum atomic E-state index is 4.66. The number of fused-ring (bicyclic) bond motifs is 1. The van der Waals surface area contributed by atoms with Gasteiger partial charge in [0.1, 0.15) is 5.82 Å². The van der Waals surface area contributed by atoms with E-state index in [1.165, 1.54) is 23.7 Å². The largest absolute Gasteiger partial charge is 0.328 e. The number of rotatable bonds is 5. The fourth-order valence-corrected chi connectivity index (χ4v) is 2.74. The minimum Gasteiger partial charge on any atom is -0.328 e. The Kier molecular flexibility index (Phi) is 3.00. The van der Waals surface area contributed by atoms with E-state index >= 15 is 0 Å². The van der Waals surface area contributed by atoms with Crippen LogP contribution in [0.4, 0.5) is 0 Å².